The summed E-state index contributed by atoms with van der Waals surface area (Å²) >= 11 is 0. The van der Waals surface area contributed by atoms with Crippen molar-refractivity contribution >= 4 is 0 Å². The third kappa shape index (κ3) is 2.35. The smallest absolute Gasteiger partial charge is 0.0483 e. The SMILES string of the molecule is Cc1ccc(C(CC2Cc3ccccc32)NN)c(C)n1. The molecule has 0 spiro atoms. The second-order valence-corrected chi connectivity index (χ2v) is 5.68. The first-order valence-corrected chi connectivity index (χ1v) is 7.17. The van der Waals surface area contributed by atoms with Gasteiger partial charge in [0, 0.05) is 17.4 Å². The predicted octanol–water partition coefficient (Wildman–Crippen LogP) is 2.93. The molecular weight excluding hydrogens is 246 g/mol. The van der Waals surface area contributed by atoms with Gasteiger partial charge in [-0.05, 0) is 55.4 Å². The van der Waals surface area contributed by atoms with E-state index in [1.54, 1.807) is 0 Å². The van der Waals surface area contributed by atoms with Crippen LogP contribution in [0.15, 0.2) is 36.4 Å². The highest BCUT2D eigenvalue weighted by Crippen LogP contribution is 2.40. The molecule has 1 aliphatic carbocycles. The van der Waals surface area contributed by atoms with Gasteiger partial charge in [0.05, 0.1) is 0 Å². The zero-order chi connectivity index (χ0) is 14.1. The number of fused-ring (bicyclic) bond motifs is 1. The average molecular weight is 267 g/mol. The van der Waals surface area contributed by atoms with Crippen molar-refractivity contribution in [3.63, 3.8) is 0 Å². The lowest BCUT2D eigenvalue weighted by atomic mass is 9.74. The van der Waals surface area contributed by atoms with Gasteiger partial charge in [0.25, 0.3) is 0 Å². The molecule has 0 radical (unpaired) electrons. The van der Waals surface area contributed by atoms with Crippen molar-refractivity contribution in [2.75, 3.05) is 0 Å². The molecule has 1 aliphatic rings. The highest BCUT2D eigenvalue weighted by atomic mass is 15.2. The minimum atomic E-state index is 0.168. The van der Waals surface area contributed by atoms with Crippen molar-refractivity contribution < 1.29 is 0 Å². The first-order chi connectivity index (χ1) is 9.69. The third-order valence-electron chi connectivity index (χ3n) is 4.32. The first-order valence-electron chi connectivity index (χ1n) is 7.17. The van der Waals surface area contributed by atoms with E-state index in [2.05, 4.69) is 53.7 Å². The monoisotopic (exact) mass is 267 g/mol. The fourth-order valence-electron chi connectivity index (χ4n) is 3.21. The second-order valence-electron chi connectivity index (χ2n) is 5.68. The van der Waals surface area contributed by atoms with E-state index in [-0.39, 0.29) is 6.04 Å². The molecule has 3 nitrogen and oxygen atoms in total. The maximum atomic E-state index is 5.78. The Balaban J connectivity index is 1.79. The van der Waals surface area contributed by atoms with E-state index < -0.39 is 0 Å². The van der Waals surface area contributed by atoms with E-state index in [4.69, 9.17) is 5.84 Å². The topological polar surface area (TPSA) is 50.9 Å². The Bertz CT molecular complexity index is 621. The number of hydrogen-bond acceptors (Lipinski definition) is 3. The normalized spacial score (nSPS) is 18.2. The van der Waals surface area contributed by atoms with Crippen molar-refractivity contribution in [2.45, 2.75) is 38.6 Å². The Labute approximate surface area is 120 Å². The standard InChI is InChI=1S/C17H21N3/c1-11-7-8-15(12(2)19-11)17(20-18)10-14-9-13-5-3-4-6-16(13)14/h3-8,14,17,20H,9-10,18H2,1-2H3. The van der Waals surface area contributed by atoms with Gasteiger partial charge >= 0.3 is 0 Å². The summed E-state index contributed by atoms with van der Waals surface area (Å²) in [6.07, 6.45) is 2.19. The summed E-state index contributed by atoms with van der Waals surface area (Å²) < 4.78 is 0. The van der Waals surface area contributed by atoms with Crippen LogP contribution in [-0.4, -0.2) is 4.98 Å². The first kappa shape index (κ1) is 13.3. The molecule has 0 aliphatic heterocycles. The molecule has 0 amide bonds. The lowest BCUT2D eigenvalue weighted by Crippen LogP contribution is -2.32. The van der Waals surface area contributed by atoms with Crippen molar-refractivity contribution in [3.8, 4) is 0 Å². The Morgan fingerprint density at radius 1 is 1.25 bits per heavy atom. The van der Waals surface area contributed by atoms with Crippen molar-refractivity contribution in [1.29, 1.82) is 0 Å². The summed E-state index contributed by atoms with van der Waals surface area (Å²) in [5, 5.41) is 0. The molecule has 0 bridgehead atoms. The third-order valence-corrected chi connectivity index (χ3v) is 4.32. The number of nitrogens with zero attached hydrogens (tertiary/aromatic N) is 1. The van der Waals surface area contributed by atoms with Crippen LogP contribution < -0.4 is 11.3 Å². The molecule has 1 heterocycles. The van der Waals surface area contributed by atoms with Crippen LogP contribution in [0.5, 0.6) is 0 Å². The van der Waals surface area contributed by atoms with Crippen molar-refractivity contribution in [3.05, 3.63) is 64.5 Å². The molecule has 1 aromatic heterocycles. The van der Waals surface area contributed by atoms with Crippen LogP contribution in [0.3, 0.4) is 0 Å². The number of benzene rings is 1. The number of aromatic nitrogens is 1. The molecule has 0 fully saturated rings. The quantitative estimate of drug-likeness (QED) is 0.661. The van der Waals surface area contributed by atoms with Crippen LogP contribution in [0, 0.1) is 13.8 Å². The Morgan fingerprint density at radius 2 is 2.05 bits per heavy atom. The molecule has 0 saturated carbocycles. The maximum Gasteiger partial charge on any atom is 0.0483 e. The number of hydrogen-bond donors (Lipinski definition) is 2. The molecular formula is C17H21N3. The summed E-state index contributed by atoms with van der Waals surface area (Å²) in [7, 11) is 0. The van der Waals surface area contributed by atoms with Gasteiger partial charge < -0.3 is 0 Å². The molecule has 104 valence electrons. The van der Waals surface area contributed by atoms with E-state index in [9.17, 15) is 0 Å². The van der Waals surface area contributed by atoms with Crippen LogP contribution in [0.25, 0.3) is 0 Å². The zero-order valence-corrected chi connectivity index (χ0v) is 12.1. The highest BCUT2D eigenvalue weighted by Gasteiger charge is 2.28. The molecule has 0 saturated heterocycles. The maximum absolute atomic E-state index is 5.78. The van der Waals surface area contributed by atoms with Crippen LogP contribution in [0.2, 0.25) is 0 Å². The number of rotatable bonds is 4. The lowest BCUT2D eigenvalue weighted by molar-refractivity contribution is 0.433. The van der Waals surface area contributed by atoms with E-state index >= 15 is 0 Å². The van der Waals surface area contributed by atoms with Gasteiger partial charge in [-0.15, -0.1) is 0 Å². The van der Waals surface area contributed by atoms with Crippen LogP contribution in [-0.2, 0) is 6.42 Å². The number of pyridine rings is 1. The van der Waals surface area contributed by atoms with Crippen LogP contribution in [0.4, 0.5) is 0 Å². The summed E-state index contributed by atoms with van der Waals surface area (Å²) in [5.41, 5.74) is 9.26. The van der Waals surface area contributed by atoms with Crippen LogP contribution >= 0.6 is 0 Å². The molecule has 3 rings (SSSR count). The fourth-order valence-corrected chi connectivity index (χ4v) is 3.21. The van der Waals surface area contributed by atoms with Crippen molar-refractivity contribution in [2.24, 2.45) is 5.84 Å². The molecule has 20 heavy (non-hydrogen) atoms. The van der Waals surface area contributed by atoms with E-state index in [1.165, 1.54) is 16.7 Å². The predicted molar refractivity (Wildman–Crippen MR) is 81.3 cm³/mol. The molecule has 3 N–H and O–H groups in total. The van der Waals surface area contributed by atoms with Gasteiger partial charge in [0.2, 0.25) is 0 Å². The second kappa shape index (κ2) is 5.35. The average Bonchev–Trinajstić information content (AvgIpc) is 2.41. The zero-order valence-electron chi connectivity index (χ0n) is 12.1. The van der Waals surface area contributed by atoms with Crippen molar-refractivity contribution in [1.82, 2.24) is 10.4 Å². The number of nitrogens with one attached hydrogen (secondary N) is 1. The summed E-state index contributed by atoms with van der Waals surface area (Å²) in [5.74, 6) is 6.39. The van der Waals surface area contributed by atoms with Gasteiger partial charge in [-0.2, -0.15) is 0 Å². The van der Waals surface area contributed by atoms with Gasteiger partial charge in [-0.3, -0.25) is 16.3 Å². The van der Waals surface area contributed by atoms with E-state index in [1.807, 2.05) is 6.92 Å². The van der Waals surface area contributed by atoms with Crippen LogP contribution in [0.1, 0.15) is 46.5 Å². The summed E-state index contributed by atoms with van der Waals surface area (Å²) in [4.78, 5) is 4.54. The Morgan fingerprint density at radius 3 is 2.75 bits per heavy atom. The highest BCUT2D eigenvalue weighted by molar-refractivity contribution is 5.40. The van der Waals surface area contributed by atoms with Gasteiger partial charge in [0.1, 0.15) is 0 Å². The Kier molecular flexibility index (Phi) is 3.55. The van der Waals surface area contributed by atoms with Gasteiger partial charge in [0.15, 0.2) is 0 Å². The number of hydrazine groups is 1. The molecule has 2 aromatic rings. The summed E-state index contributed by atoms with van der Waals surface area (Å²) in [6.45, 7) is 4.07. The molecule has 1 aromatic carbocycles. The van der Waals surface area contributed by atoms with E-state index in [0.29, 0.717) is 5.92 Å². The minimum absolute atomic E-state index is 0.168. The van der Waals surface area contributed by atoms with Gasteiger partial charge in [-0.25, -0.2) is 0 Å². The number of nitrogens with two attached hydrogens (primary N) is 1. The largest absolute Gasteiger partial charge is 0.271 e. The Hall–Kier alpha value is -1.71. The molecule has 3 heteroatoms. The number of aryl methyl sites for hydroxylation is 2. The summed E-state index contributed by atoms with van der Waals surface area (Å²) in [6, 6.07) is 13.1. The van der Waals surface area contributed by atoms with E-state index in [0.717, 1.165) is 24.2 Å². The molecule has 2 atom stereocenters. The minimum Gasteiger partial charge on any atom is -0.271 e. The molecule has 2 unspecified atom stereocenters. The van der Waals surface area contributed by atoms with Gasteiger partial charge in [-0.1, -0.05) is 30.3 Å². The fraction of sp³-hybridized carbons (Fsp3) is 0.353. The lowest BCUT2D eigenvalue weighted by Gasteiger charge is -2.33.